The largest absolute Gasteiger partial charge is 0.346 e. The van der Waals surface area contributed by atoms with E-state index in [4.69, 9.17) is 0 Å². The molecule has 0 unspecified atom stereocenters. The lowest BCUT2D eigenvalue weighted by molar-refractivity contribution is 0.921. The number of nitrogens with zero attached hydrogens (tertiary/aromatic N) is 2. The summed E-state index contributed by atoms with van der Waals surface area (Å²) >= 11 is 0. The van der Waals surface area contributed by atoms with E-state index in [1.54, 1.807) is 0 Å². The predicted octanol–water partition coefficient (Wildman–Crippen LogP) is 5.05. The Hall–Kier alpha value is -2.48. The van der Waals surface area contributed by atoms with Crippen molar-refractivity contribution in [2.75, 3.05) is 0 Å². The van der Waals surface area contributed by atoms with Crippen molar-refractivity contribution in [3.8, 4) is 5.69 Å². The number of aromatic nitrogens is 2. The van der Waals surface area contributed by atoms with E-state index < -0.39 is 0 Å². The molecule has 2 nitrogen and oxygen atoms in total. The Bertz CT molecular complexity index is 995. The van der Waals surface area contributed by atoms with Gasteiger partial charge < -0.3 is 9.13 Å². The predicted molar refractivity (Wildman–Crippen MR) is 94.0 cm³/mol. The molecule has 22 heavy (non-hydrogen) atoms. The number of rotatable bonds is 1. The Morgan fingerprint density at radius 3 is 2.18 bits per heavy atom. The van der Waals surface area contributed by atoms with Gasteiger partial charge in [0, 0.05) is 18.1 Å². The minimum absolute atomic E-state index is 1.28. The molecule has 0 fully saturated rings. The molecule has 0 saturated carbocycles. The zero-order valence-corrected chi connectivity index (χ0v) is 13.5. The Labute approximate surface area is 130 Å². The van der Waals surface area contributed by atoms with Crippen molar-refractivity contribution in [2.45, 2.75) is 20.8 Å². The van der Waals surface area contributed by atoms with Crippen molar-refractivity contribution in [3.63, 3.8) is 0 Å². The number of para-hydroxylation sites is 2. The molecule has 0 N–H and O–H groups in total. The summed E-state index contributed by atoms with van der Waals surface area (Å²) in [6.45, 7) is 6.56. The first-order valence-corrected chi connectivity index (χ1v) is 7.71. The molecule has 2 aromatic heterocycles. The van der Waals surface area contributed by atoms with Crippen molar-refractivity contribution in [1.82, 2.24) is 9.13 Å². The zero-order valence-electron chi connectivity index (χ0n) is 13.5. The lowest BCUT2D eigenvalue weighted by atomic mass is 10.1. The molecule has 0 spiro atoms. The van der Waals surface area contributed by atoms with E-state index in [2.05, 4.69) is 85.5 Å². The summed E-state index contributed by atoms with van der Waals surface area (Å²) in [5, 5.41) is 1.32. The van der Waals surface area contributed by atoms with Crippen LogP contribution in [0.2, 0.25) is 0 Å². The molecule has 0 radical (unpaired) electrons. The van der Waals surface area contributed by atoms with Crippen LogP contribution >= 0.6 is 0 Å². The summed E-state index contributed by atoms with van der Waals surface area (Å²) in [6.07, 6.45) is 0. The fraction of sp³-hybridized carbons (Fsp3) is 0.200. The summed E-state index contributed by atoms with van der Waals surface area (Å²) in [4.78, 5) is 0. The van der Waals surface area contributed by atoms with E-state index in [0.29, 0.717) is 0 Å². The molecule has 4 rings (SSSR count). The SMILES string of the molecule is Cc1cccc(C)c1-n1c2ccccc2c2c1cc(C)n2C. The maximum absolute atomic E-state index is 2.42. The van der Waals surface area contributed by atoms with E-state index >= 15 is 0 Å². The number of hydrogen-bond acceptors (Lipinski definition) is 0. The summed E-state index contributed by atoms with van der Waals surface area (Å²) in [7, 11) is 2.15. The van der Waals surface area contributed by atoms with Gasteiger partial charge in [-0.15, -0.1) is 0 Å². The molecule has 110 valence electrons. The molecular weight excluding hydrogens is 268 g/mol. The smallest absolute Gasteiger partial charge is 0.0746 e. The standard InChI is InChI=1S/C20H20N2/c1-13-8-7-9-14(2)19(13)22-17-11-6-5-10-16(17)20-18(22)12-15(3)21(20)4/h5-12H,1-4H3. The van der Waals surface area contributed by atoms with Crippen LogP contribution in [-0.2, 0) is 7.05 Å². The lowest BCUT2D eigenvalue weighted by Gasteiger charge is -2.13. The van der Waals surface area contributed by atoms with Gasteiger partial charge in [0.15, 0.2) is 0 Å². The van der Waals surface area contributed by atoms with E-state index in [-0.39, 0.29) is 0 Å². The van der Waals surface area contributed by atoms with E-state index in [9.17, 15) is 0 Å². The first kappa shape index (κ1) is 13.2. The van der Waals surface area contributed by atoms with Crippen LogP contribution in [0.4, 0.5) is 0 Å². The average Bonchev–Trinajstić information content (AvgIpc) is 2.95. The van der Waals surface area contributed by atoms with Crippen LogP contribution in [0, 0.1) is 20.8 Å². The fourth-order valence-electron chi connectivity index (χ4n) is 3.60. The van der Waals surface area contributed by atoms with Gasteiger partial charge in [0.2, 0.25) is 0 Å². The van der Waals surface area contributed by atoms with Gasteiger partial charge in [0.25, 0.3) is 0 Å². The van der Waals surface area contributed by atoms with Crippen LogP contribution in [0.1, 0.15) is 16.8 Å². The molecule has 0 saturated heterocycles. The highest BCUT2D eigenvalue weighted by Gasteiger charge is 2.17. The third-order valence-electron chi connectivity index (χ3n) is 4.76. The molecule has 4 aromatic rings. The van der Waals surface area contributed by atoms with Gasteiger partial charge in [0.05, 0.1) is 22.2 Å². The van der Waals surface area contributed by atoms with Crippen molar-refractivity contribution in [2.24, 2.45) is 7.05 Å². The maximum Gasteiger partial charge on any atom is 0.0746 e. The van der Waals surface area contributed by atoms with Gasteiger partial charge in [-0.05, 0) is 44.0 Å². The summed E-state index contributed by atoms with van der Waals surface area (Å²) in [6, 6.07) is 17.5. The number of hydrogen-bond donors (Lipinski definition) is 0. The molecule has 0 aliphatic carbocycles. The topological polar surface area (TPSA) is 9.86 Å². The highest BCUT2D eigenvalue weighted by Crippen LogP contribution is 2.35. The van der Waals surface area contributed by atoms with Crippen LogP contribution in [0.15, 0.2) is 48.5 Å². The van der Waals surface area contributed by atoms with Gasteiger partial charge in [-0.25, -0.2) is 0 Å². The zero-order chi connectivity index (χ0) is 15.4. The van der Waals surface area contributed by atoms with Crippen LogP contribution in [0.3, 0.4) is 0 Å². The third kappa shape index (κ3) is 1.61. The minimum Gasteiger partial charge on any atom is -0.346 e. The van der Waals surface area contributed by atoms with Gasteiger partial charge in [0.1, 0.15) is 0 Å². The molecule has 2 aromatic carbocycles. The molecule has 0 bridgehead atoms. The third-order valence-corrected chi connectivity index (χ3v) is 4.76. The summed E-state index contributed by atoms with van der Waals surface area (Å²) < 4.78 is 4.71. The van der Waals surface area contributed by atoms with E-state index in [1.165, 1.54) is 44.4 Å². The number of fused-ring (bicyclic) bond motifs is 3. The van der Waals surface area contributed by atoms with Crippen molar-refractivity contribution in [1.29, 1.82) is 0 Å². The highest BCUT2D eigenvalue weighted by molar-refractivity contribution is 6.08. The first-order chi connectivity index (χ1) is 10.6. The number of aryl methyl sites for hydroxylation is 4. The van der Waals surface area contributed by atoms with Crippen LogP contribution in [0.5, 0.6) is 0 Å². The first-order valence-electron chi connectivity index (χ1n) is 7.71. The average molecular weight is 288 g/mol. The Morgan fingerprint density at radius 1 is 0.773 bits per heavy atom. The van der Waals surface area contributed by atoms with Crippen LogP contribution in [0.25, 0.3) is 27.6 Å². The second kappa shape index (κ2) is 4.51. The normalized spacial score (nSPS) is 11.6. The molecule has 2 heterocycles. The van der Waals surface area contributed by atoms with Crippen molar-refractivity contribution >= 4 is 21.9 Å². The maximum atomic E-state index is 2.42. The number of benzene rings is 2. The van der Waals surface area contributed by atoms with Crippen LogP contribution < -0.4 is 0 Å². The lowest BCUT2D eigenvalue weighted by Crippen LogP contribution is -1.99. The second-order valence-corrected chi connectivity index (χ2v) is 6.17. The molecule has 0 atom stereocenters. The molecule has 2 heteroatoms. The highest BCUT2D eigenvalue weighted by atomic mass is 15.1. The van der Waals surface area contributed by atoms with Crippen molar-refractivity contribution in [3.05, 3.63) is 65.4 Å². The van der Waals surface area contributed by atoms with Crippen molar-refractivity contribution < 1.29 is 0 Å². The van der Waals surface area contributed by atoms with E-state index in [1.807, 2.05) is 0 Å². The minimum atomic E-state index is 1.28. The summed E-state index contributed by atoms with van der Waals surface area (Å²) in [5.74, 6) is 0. The van der Waals surface area contributed by atoms with E-state index in [0.717, 1.165) is 0 Å². The van der Waals surface area contributed by atoms with Gasteiger partial charge in [-0.2, -0.15) is 0 Å². The molecule has 0 amide bonds. The Kier molecular flexibility index (Phi) is 2.70. The quantitative estimate of drug-likeness (QED) is 0.464. The molecule has 0 aliphatic heterocycles. The van der Waals surface area contributed by atoms with Gasteiger partial charge >= 0.3 is 0 Å². The molecule has 0 aliphatic rings. The second-order valence-electron chi connectivity index (χ2n) is 6.17. The van der Waals surface area contributed by atoms with Gasteiger partial charge in [-0.3, -0.25) is 0 Å². The van der Waals surface area contributed by atoms with Crippen LogP contribution in [-0.4, -0.2) is 9.13 Å². The monoisotopic (exact) mass is 288 g/mol. The fourth-order valence-corrected chi connectivity index (χ4v) is 3.60. The molecular formula is C20H20N2. The Balaban J connectivity index is 2.28. The summed E-state index contributed by atoms with van der Waals surface area (Å²) in [5.41, 5.74) is 9.10. The van der Waals surface area contributed by atoms with Gasteiger partial charge in [-0.1, -0.05) is 36.4 Å². The Morgan fingerprint density at radius 2 is 1.45 bits per heavy atom.